The predicted molar refractivity (Wildman–Crippen MR) is 69.2 cm³/mol. The second-order valence-corrected chi connectivity index (χ2v) is 5.45. The van der Waals surface area contributed by atoms with Gasteiger partial charge in [0.15, 0.2) is 0 Å². The Hall–Kier alpha value is -0.120. The van der Waals surface area contributed by atoms with Crippen molar-refractivity contribution in [3.05, 3.63) is 0 Å². The molecular weight excluding hydrogens is 214 g/mol. The van der Waals surface area contributed by atoms with Gasteiger partial charge in [-0.2, -0.15) is 0 Å². The molecular formula is C14H27NO2. The molecule has 0 radical (unpaired) electrons. The Kier molecular flexibility index (Phi) is 6.32. The second-order valence-electron chi connectivity index (χ2n) is 5.45. The van der Waals surface area contributed by atoms with Crippen molar-refractivity contribution in [2.45, 2.75) is 51.0 Å². The Morgan fingerprint density at radius 3 is 2.76 bits per heavy atom. The number of rotatable bonds is 7. The van der Waals surface area contributed by atoms with Gasteiger partial charge < -0.3 is 14.8 Å². The summed E-state index contributed by atoms with van der Waals surface area (Å²) in [4.78, 5) is 0. The van der Waals surface area contributed by atoms with Crippen LogP contribution in [0.4, 0.5) is 0 Å². The number of hydrogen-bond acceptors (Lipinski definition) is 3. The zero-order valence-corrected chi connectivity index (χ0v) is 11.0. The topological polar surface area (TPSA) is 30.5 Å². The van der Waals surface area contributed by atoms with Crippen LogP contribution in [0.15, 0.2) is 0 Å². The summed E-state index contributed by atoms with van der Waals surface area (Å²) in [7, 11) is 0. The molecule has 0 aromatic rings. The minimum absolute atomic E-state index is 0.654. The van der Waals surface area contributed by atoms with Crippen molar-refractivity contribution in [3.8, 4) is 0 Å². The van der Waals surface area contributed by atoms with Gasteiger partial charge in [0.25, 0.3) is 0 Å². The summed E-state index contributed by atoms with van der Waals surface area (Å²) in [6, 6.07) is 0.784. The van der Waals surface area contributed by atoms with Gasteiger partial charge in [0.1, 0.15) is 0 Å². The van der Waals surface area contributed by atoms with E-state index in [1.54, 1.807) is 0 Å². The first-order valence-electron chi connectivity index (χ1n) is 7.34. The fourth-order valence-electron chi connectivity index (χ4n) is 2.75. The molecule has 0 aromatic heterocycles. The van der Waals surface area contributed by atoms with Gasteiger partial charge in [-0.05, 0) is 32.2 Å². The minimum atomic E-state index is 0.654. The zero-order valence-electron chi connectivity index (χ0n) is 11.0. The zero-order chi connectivity index (χ0) is 11.8. The second kappa shape index (κ2) is 8.06. The summed E-state index contributed by atoms with van der Waals surface area (Å²) < 4.78 is 11.0. The van der Waals surface area contributed by atoms with Crippen LogP contribution >= 0.6 is 0 Å². The fraction of sp³-hybridized carbons (Fsp3) is 1.00. The Balaban J connectivity index is 1.38. The van der Waals surface area contributed by atoms with Crippen molar-refractivity contribution in [3.63, 3.8) is 0 Å². The third kappa shape index (κ3) is 5.36. The lowest BCUT2D eigenvalue weighted by atomic mass is 9.95. The molecule has 0 bridgehead atoms. The minimum Gasteiger partial charge on any atom is -0.381 e. The van der Waals surface area contributed by atoms with Gasteiger partial charge in [-0.1, -0.05) is 19.3 Å². The SMILES string of the molecule is C1CCC(NCCCOCC2CCOC2)CC1. The lowest BCUT2D eigenvalue weighted by molar-refractivity contribution is 0.0877. The first kappa shape index (κ1) is 13.3. The average Bonchev–Trinajstić information content (AvgIpc) is 2.88. The van der Waals surface area contributed by atoms with Crippen LogP contribution in [-0.2, 0) is 9.47 Å². The molecule has 2 fully saturated rings. The maximum Gasteiger partial charge on any atom is 0.0517 e. The molecule has 17 heavy (non-hydrogen) atoms. The number of hydrogen-bond donors (Lipinski definition) is 1. The van der Waals surface area contributed by atoms with Gasteiger partial charge in [-0.3, -0.25) is 0 Å². The predicted octanol–water partition coefficient (Wildman–Crippen LogP) is 2.35. The van der Waals surface area contributed by atoms with Crippen LogP contribution in [0.1, 0.15) is 44.9 Å². The maximum absolute atomic E-state index is 5.69. The highest BCUT2D eigenvalue weighted by Gasteiger charge is 2.15. The summed E-state index contributed by atoms with van der Waals surface area (Å²) in [5.41, 5.74) is 0. The lowest BCUT2D eigenvalue weighted by Gasteiger charge is -2.22. The van der Waals surface area contributed by atoms with Gasteiger partial charge >= 0.3 is 0 Å². The van der Waals surface area contributed by atoms with Crippen molar-refractivity contribution in [1.29, 1.82) is 0 Å². The highest BCUT2D eigenvalue weighted by atomic mass is 16.5. The summed E-state index contributed by atoms with van der Waals surface area (Å²) in [6.07, 6.45) is 9.33. The smallest absolute Gasteiger partial charge is 0.0517 e. The van der Waals surface area contributed by atoms with E-state index in [9.17, 15) is 0 Å². The van der Waals surface area contributed by atoms with E-state index in [-0.39, 0.29) is 0 Å². The van der Waals surface area contributed by atoms with E-state index in [1.165, 1.54) is 38.5 Å². The molecule has 0 aromatic carbocycles. The van der Waals surface area contributed by atoms with Gasteiger partial charge in [0.2, 0.25) is 0 Å². The average molecular weight is 241 g/mol. The quantitative estimate of drug-likeness (QED) is 0.694. The molecule has 1 aliphatic heterocycles. The van der Waals surface area contributed by atoms with E-state index in [1.807, 2.05) is 0 Å². The van der Waals surface area contributed by atoms with E-state index in [2.05, 4.69) is 5.32 Å². The summed E-state index contributed by atoms with van der Waals surface area (Å²) in [5.74, 6) is 0.654. The standard InChI is InChI=1S/C14H27NO2/c1-2-5-14(6-3-1)15-8-4-9-16-11-13-7-10-17-12-13/h13-15H,1-12H2. The third-order valence-electron chi connectivity index (χ3n) is 3.88. The maximum atomic E-state index is 5.69. The Labute approximate surface area is 105 Å². The van der Waals surface area contributed by atoms with Crippen LogP contribution in [0.2, 0.25) is 0 Å². The van der Waals surface area contributed by atoms with Crippen molar-refractivity contribution < 1.29 is 9.47 Å². The normalized spacial score (nSPS) is 26.5. The highest BCUT2D eigenvalue weighted by molar-refractivity contribution is 4.71. The van der Waals surface area contributed by atoms with Gasteiger partial charge in [0, 0.05) is 25.2 Å². The Bertz CT molecular complexity index is 187. The molecule has 2 rings (SSSR count). The Morgan fingerprint density at radius 1 is 1.12 bits per heavy atom. The van der Waals surface area contributed by atoms with Crippen LogP contribution in [-0.4, -0.2) is 39.0 Å². The molecule has 1 atom stereocenters. The molecule has 1 N–H and O–H groups in total. The van der Waals surface area contributed by atoms with Crippen LogP contribution in [0.25, 0.3) is 0 Å². The molecule has 100 valence electrons. The fourth-order valence-corrected chi connectivity index (χ4v) is 2.75. The number of nitrogens with one attached hydrogen (secondary N) is 1. The molecule has 0 amide bonds. The van der Waals surface area contributed by atoms with E-state index in [0.29, 0.717) is 5.92 Å². The first-order chi connectivity index (χ1) is 8.45. The van der Waals surface area contributed by atoms with E-state index < -0.39 is 0 Å². The van der Waals surface area contributed by atoms with Crippen molar-refractivity contribution in [2.24, 2.45) is 5.92 Å². The molecule has 1 heterocycles. The summed E-state index contributed by atoms with van der Waals surface area (Å²) in [6.45, 7) is 4.74. The molecule has 1 unspecified atom stereocenters. The van der Waals surface area contributed by atoms with E-state index in [0.717, 1.165) is 45.4 Å². The molecule has 1 saturated heterocycles. The molecule has 2 aliphatic rings. The monoisotopic (exact) mass is 241 g/mol. The molecule has 3 heteroatoms. The Morgan fingerprint density at radius 2 is 2.00 bits per heavy atom. The van der Waals surface area contributed by atoms with Crippen LogP contribution in [0.3, 0.4) is 0 Å². The largest absolute Gasteiger partial charge is 0.381 e. The third-order valence-corrected chi connectivity index (χ3v) is 3.88. The summed E-state index contributed by atoms with van der Waals surface area (Å²) in [5, 5.41) is 3.65. The lowest BCUT2D eigenvalue weighted by Crippen LogP contribution is -2.32. The van der Waals surface area contributed by atoms with E-state index >= 15 is 0 Å². The van der Waals surface area contributed by atoms with Gasteiger partial charge in [-0.15, -0.1) is 0 Å². The molecule has 1 aliphatic carbocycles. The number of ether oxygens (including phenoxy) is 2. The van der Waals surface area contributed by atoms with Gasteiger partial charge in [-0.25, -0.2) is 0 Å². The first-order valence-corrected chi connectivity index (χ1v) is 7.34. The molecule has 3 nitrogen and oxygen atoms in total. The van der Waals surface area contributed by atoms with Crippen LogP contribution in [0, 0.1) is 5.92 Å². The highest BCUT2D eigenvalue weighted by Crippen LogP contribution is 2.17. The van der Waals surface area contributed by atoms with E-state index in [4.69, 9.17) is 9.47 Å². The van der Waals surface area contributed by atoms with Crippen LogP contribution in [0.5, 0.6) is 0 Å². The van der Waals surface area contributed by atoms with Crippen LogP contribution < -0.4 is 5.32 Å². The summed E-state index contributed by atoms with van der Waals surface area (Å²) >= 11 is 0. The molecule has 0 spiro atoms. The van der Waals surface area contributed by atoms with Crippen molar-refractivity contribution in [1.82, 2.24) is 5.32 Å². The van der Waals surface area contributed by atoms with Crippen molar-refractivity contribution >= 4 is 0 Å². The van der Waals surface area contributed by atoms with Gasteiger partial charge in [0.05, 0.1) is 13.2 Å². The van der Waals surface area contributed by atoms with Crippen molar-refractivity contribution in [2.75, 3.05) is 33.0 Å². The molecule has 1 saturated carbocycles.